The maximum absolute atomic E-state index is 5.68. The van der Waals surface area contributed by atoms with Crippen molar-refractivity contribution in [3.8, 4) is 0 Å². The van der Waals surface area contributed by atoms with Crippen LogP contribution in [0.1, 0.15) is 46.0 Å². The average Bonchev–Trinajstić information content (AvgIpc) is 3.23. The molecule has 2 unspecified atom stereocenters. The molecule has 1 N–H and O–H groups in total. The van der Waals surface area contributed by atoms with Crippen LogP contribution in [0.15, 0.2) is 0 Å². The lowest BCUT2D eigenvalue weighted by molar-refractivity contribution is 0.114. The number of piperidine rings is 1. The normalized spacial score (nSPS) is 26.5. The van der Waals surface area contributed by atoms with Gasteiger partial charge in [0.1, 0.15) is 0 Å². The molecule has 1 aliphatic heterocycles. The molecule has 1 saturated carbocycles. The van der Waals surface area contributed by atoms with Crippen molar-refractivity contribution in [2.24, 2.45) is 11.8 Å². The molecule has 0 amide bonds. The standard InChI is InChI=1S/C16H32N2O/c1-3-9-18-10-4-5-16(12-18)14(2)17-8-11-19-13-15-6-7-15/h14-17H,3-13H2,1-2H3. The number of rotatable bonds is 9. The summed E-state index contributed by atoms with van der Waals surface area (Å²) in [6, 6.07) is 0.629. The van der Waals surface area contributed by atoms with E-state index in [1.54, 1.807) is 0 Å². The Morgan fingerprint density at radius 2 is 2.16 bits per heavy atom. The van der Waals surface area contributed by atoms with Gasteiger partial charge in [0.15, 0.2) is 0 Å². The molecule has 1 heterocycles. The van der Waals surface area contributed by atoms with Gasteiger partial charge >= 0.3 is 0 Å². The lowest BCUT2D eigenvalue weighted by Crippen LogP contribution is -2.45. The van der Waals surface area contributed by atoms with Crippen molar-refractivity contribution in [2.45, 2.75) is 52.0 Å². The molecule has 2 aliphatic rings. The van der Waals surface area contributed by atoms with Crippen molar-refractivity contribution in [2.75, 3.05) is 39.4 Å². The van der Waals surface area contributed by atoms with E-state index in [1.807, 2.05) is 0 Å². The zero-order valence-electron chi connectivity index (χ0n) is 12.9. The third-order valence-corrected chi connectivity index (χ3v) is 4.55. The molecule has 3 heteroatoms. The number of likely N-dealkylation sites (tertiary alicyclic amines) is 1. The summed E-state index contributed by atoms with van der Waals surface area (Å²) in [6.07, 6.45) is 6.81. The van der Waals surface area contributed by atoms with Crippen LogP contribution in [0.3, 0.4) is 0 Å². The van der Waals surface area contributed by atoms with Crippen molar-refractivity contribution in [3.05, 3.63) is 0 Å². The SMILES string of the molecule is CCCN1CCCC(C(C)NCCOCC2CC2)C1. The highest BCUT2D eigenvalue weighted by atomic mass is 16.5. The summed E-state index contributed by atoms with van der Waals surface area (Å²) in [6.45, 7) is 11.4. The van der Waals surface area contributed by atoms with E-state index in [0.717, 1.165) is 31.6 Å². The highest BCUT2D eigenvalue weighted by molar-refractivity contribution is 4.80. The van der Waals surface area contributed by atoms with Gasteiger partial charge in [0.05, 0.1) is 6.61 Å². The number of hydrogen-bond acceptors (Lipinski definition) is 3. The predicted octanol–water partition coefficient (Wildman–Crippen LogP) is 2.51. The summed E-state index contributed by atoms with van der Waals surface area (Å²) in [4.78, 5) is 2.63. The van der Waals surface area contributed by atoms with Crippen LogP contribution in [0, 0.1) is 11.8 Å². The quantitative estimate of drug-likeness (QED) is 0.650. The van der Waals surface area contributed by atoms with E-state index in [-0.39, 0.29) is 0 Å². The fraction of sp³-hybridized carbons (Fsp3) is 1.00. The predicted molar refractivity (Wildman–Crippen MR) is 80.5 cm³/mol. The first-order valence-corrected chi connectivity index (χ1v) is 8.33. The van der Waals surface area contributed by atoms with E-state index in [1.165, 1.54) is 51.7 Å². The zero-order chi connectivity index (χ0) is 13.5. The van der Waals surface area contributed by atoms with Gasteiger partial charge in [-0.05, 0) is 64.0 Å². The Labute approximate surface area is 119 Å². The molecule has 19 heavy (non-hydrogen) atoms. The second-order valence-corrected chi connectivity index (χ2v) is 6.46. The molecule has 1 saturated heterocycles. The summed E-state index contributed by atoms with van der Waals surface area (Å²) in [5.41, 5.74) is 0. The highest BCUT2D eigenvalue weighted by Gasteiger charge is 2.24. The lowest BCUT2D eigenvalue weighted by Gasteiger charge is -2.36. The number of ether oxygens (including phenoxy) is 1. The maximum atomic E-state index is 5.68. The molecule has 0 radical (unpaired) electrons. The van der Waals surface area contributed by atoms with Crippen molar-refractivity contribution in [1.29, 1.82) is 0 Å². The third-order valence-electron chi connectivity index (χ3n) is 4.55. The van der Waals surface area contributed by atoms with Crippen LogP contribution in [0.2, 0.25) is 0 Å². The minimum absolute atomic E-state index is 0.629. The molecular formula is C16H32N2O. The van der Waals surface area contributed by atoms with Gasteiger partial charge in [0, 0.05) is 25.7 Å². The van der Waals surface area contributed by atoms with Gasteiger partial charge in [-0.3, -0.25) is 0 Å². The summed E-state index contributed by atoms with van der Waals surface area (Å²) in [5, 5.41) is 3.66. The Morgan fingerprint density at radius 3 is 2.89 bits per heavy atom. The van der Waals surface area contributed by atoms with E-state index in [2.05, 4.69) is 24.1 Å². The lowest BCUT2D eigenvalue weighted by atomic mass is 9.91. The maximum Gasteiger partial charge on any atom is 0.0591 e. The first-order chi connectivity index (χ1) is 9.29. The van der Waals surface area contributed by atoms with E-state index < -0.39 is 0 Å². The number of hydrogen-bond donors (Lipinski definition) is 1. The van der Waals surface area contributed by atoms with Gasteiger partial charge in [-0.15, -0.1) is 0 Å². The monoisotopic (exact) mass is 268 g/mol. The first kappa shape index (κ1) is 15.3. The zero-order valence-corrected chi connectivity index (χ0v) is 12.9. The van der Waals surface area contributed by atoms with Crippen LogP contribution >= 0.6 is 0 Å². The van der Waals surface area contributed by atoms with Gasteiger partial charge in [-0.2, -0.15) is 0 Å². The Balaban J connectivity index is 1.54. The van der Waals surface area contributed by atoms with E-state index in [4.69, 9.17) is 4.74 Å². The number of nitrogens with zero attached hydrogens (tertiary/aromatic N) is 1. The van der Waals surface area contributed by atoms with Gasteiger partial charge < -0.3 is 15.0 Å². The molecule has 3 nitrogen and oxygen atoms in total. The largest absolute Gasteiger partial charge is 0.380 e. The van der Waals surface area contributed by atoms with Crippen molar-refractivity contribution < 1.29 is 4.74 Å². The summed E-state index contributed by atoms with van der Waals surface area (Å²) in [7, 11) is 0. The molecule has 0 spiro atoms. The van der Waals surface area contributed by atoms with Crippen LogP contribution in [0.5, 0.6) is 0 Å². The highest BCUT2D eigenvalue weighted by Crippen LogP contribution is 2.28. The Hall–Kier alpha value is -0.120. The minimum atomic E-state index is 0.629. The van der Waals surface area contributed by atoms with Crippen LogP contribution in [-0.4, -0.2) is 50.3 Å². The molecule has 0 aromatic rings. The molecule has 112 valence electrons. The molecule has 0 aromatic carbocycles. The van der Waals surface area contributed by atoms with Gasteiger partial charge in [-0.1, -0.05) is 6.92 Å². The fourth-order valence-electron chi connectivity index (χ4n) is 3.08. The smallest absolute Gasteiger partial charge is 0.0591 e. The molecule has 2 atom stereocenters. The third kappa shape index (κ3) is 5.80. The van der Waals surface area contributed by atoms with Crippen LogP contribution in [0.4, 0.5) is 0 Å². The van der Waals surface area contributed by atoms with E-state index >= 15 is 0 Å². The summed E-state index contributed by atoms with van der Waals surface area (Å²) in [5.74, 6) is 1.71. The Kier molecular flexibility index (Phi) is 6.62. The Bertz CT molecular complexity index is 241. The molecule has 0 bridgehead atoms. The topological polar surface area (TPSA) is 24.5 Å². The summed E-state index contributed by atoms with van der Waals surface area (Å²) < 4.78 is 5.68. The molecule has 2 rings (SSSR count). The molecule has 0 aromatic heterocycles. The second-order valence-electron chi connectivity index (χ2n) is 6.46. The number of nitrogens with one attached hydrogen (secondary N) is 1. The van der Waals surface area contributed by atoms with Crippen molar-refractivity contribution in [1.82, 2.24) is 10.2 Å². The van der Waals surface area contributed by atoms with Gasteiger partial charge in [0.25, 0.3) is 0 Å². The molecule has 2 fully saturated rings. The summed E-state index contributed by atoms with van der Waals surface area (Å²) >= 11 is 0. The van der Waals surface area contributed by atoms with Crippen LogP contribution in [0.25, 0.3) is 0 Å². The van der Waals surface area contributed by atoms with Crippen LogP contribution < -0.4 is 5.32 Å². The van der Waals surface area contributed by atoms with Gasteiger partial charge in [0.2, 0.25) is 0 Å². The minimum Gasteiger partial charge on any atom is -0.380 e. The first-order valence-electron chi connectivity index (χ1n) is 8.33. The fourth-order valence-corrected chi connectivity index (χ4v) is 3.08. The van der Waals surface area contributed by atoms with Gasteiger partial charge in [-0.25, -0.2) is 0 Å². The van der Waals surface area contributed by atoms with E-state index in [9.17, 15) is 0 Å². The molecule has 1 aliphatic carbocycles. The van der Waals surface area contributed by atoms with E-state index in [0.29, 0.717) is 6.04 Å². The van der Waals surface area contributed by atoms with Crippen molar-refractivity contribution in [3.63, 3.8) is 0 Å². The average molecular weight is 268 g/mol. The molecular weight excluding hydrogens is 236 g/mol. The van der Waals surface area contributed by atoms with Crippen LogP contribution in [-0.2, 0) is 4.74 Å². The van der Waals surface area contributed by atoms with Crippen molar-refractivity contribution >= 4 is 0 Å². The Morgan fingerprint density at radius 1 is 1.32 bits per heavy atom. The second kappa shape index (κ2) is 8.23.